The lowest BCUT2D eigenvalue weighted by Crippen LogP contribution is -2.31. The first-order valence-electron chi connectivity index (χ1n) is 5.90. The molecule has 0 saturated heterocycles. The highest BCUT2D eigenvalue weighted by Crippen LogP contribution is 2.17. The summed E-state index contributed by atoms with van der Waals surface area (Å²) in [6.45, 7) is 2.24. The van der Waals surface area contributed by atoms with E-state index in [0.717, 1.165) is 0 Å². The molecule has 1 aromatic heterocycles. The van der Waals surface area contributed by atoms with E-state index in [1.807, 2.05) is 6.92 Å². The molecule has 0 aliphatic heterocycles. The minimum atomic E-state index is -0.381. The molecule has 98 valence electrons. The van der Waals surface area contributed by atoms with Crippen molar-refractivity contribution in [2.45, 2.75) is 6.92 Å². The molecule has 1 aromatic carbocycles. The van der Waals surface area contributed by atoms with Crippen LogP contribution >= 0.6 is 0 Å². The number of hydrogen-bond donors (Lipinski definition) is 1. The second-order valence-corrected chi connectivity index (χ2v) is 4.01. The monoisotopic (exact) mass is 259 g/mol. The Morgan fingerprint density at radius 1 is 1.37 bits per heavy atom. The van der Waals surface area contributed by atoms with Crippen molar-refractivity contribution in [1.82, 2.24) is 4.98 Å². The van der Waals surface area contributed by atoms with Gasteiger partial charge in [-0.3, -0.25) is 4.79 Å². The van der Waals surface area contributed by atoms with Crippen molar-refractivity contribution < 1.29 is 9.18 Å². The van der Waals surface area contributed by atoms with Gasteiger partial charge >= 0.3 is 0 Å². The SMILES string of the molecule is CCN(C(=O)c1ccc(N)cn1)c1cccc(F)c1. The summed E-state index contributed by atoms with van der Waals surface area (Å²) >= 11 is 0. The van der Waals surface area contributed by atoms with Gasteiger partial charge in [0, 0.05) is 12.2 Å². The molecule has 2 aromatic rings. The molecule has 19 heavy (non-hydrogen) atoms. The fourth-order valence-corrected chi connectivity index (χ4v) is 1.76. The quantitative estimate of drug-likeness (QED) is 0.921. The van der Waals surface area contributed by atoms with Crippen LogP contribution in [0.25, 0.3) is 0 Å². The Morgan fingerprint density at radius 3 is 2.74 bits per heavy atom. The van der Waals surface area contributed by atoms with E-state index in [-0.39, 0.29) is 17.4 Å². The average Bonchev–Trinajstić information content (AvgIpc) is 2.40. The molecule has 5 heteroatoms. The number of pyridine rings is 1. The van der Waals surface area contributed by atoms with E-state index in [1.54, 1.807) is 24.3 Å². The zero-order chi connectivity index (χ0) is 13.8. The largest absolute Gasteiger partial charge is 0.397 e. The lowest BCUT2D eigenvalue weighted by atomic mass is 10.2. The van der Waals surface area contributed by atoms with E-state index in [1.165, 1.54) is 23.2 Å². The first-order chi connectivity index (χ1) is 9.11. The maximum absolute atomic E-state index is 13.2. The van der Waals surface area contributed by atoms with Crippen LogP contribution in [0, 0.1) is 5.82 Å². The highest BCUT2D eigenvalue weighted by Gasteiger charge is 2.17. The van der Waals surface area contributed by atoms with Gasteiger partial charge in [-0.1, -0.05) is 6.07 Å². The molecular formula is C14H14FN3O. The highest BCUT2D eigenvalue weighted by atomic mass is 19.1. The predicted molar refractivity (Wildman–Crippen MR) is 72.4 cm³/mol. The van der Waals surface area contributed by atoms with E-state index >= 15 is 0 Å². The molecule has 0 radical (unpaired) electrons. The number of nitrogens with zero attached hydrogens (tertiary/aromatic N) is 2. The first-order valence-corrected chi connectivity index (χ1v) is 5.90. The van der Waals surface area contributed by atoms with Crippen molar-refractivity contribution in [3.8, 4) is 0 Å². The summed E-state index contributed by atoms with van der Waals surface area (Å²) in [6.07, 6.45) is 1.42. The predicted octanol–water partition coefficient (Wildman–Crippen LogP) is 2.47. The normalized spacial score (nSPS) is 10.2. The van der Waals surface area contributed by atoms with Crippen LogP contribution in [0.1, 0.15) is 17.4 Å². The number of nitrogen functional groups attached to an aromatic ring is 1. The van der Waals surface area contributed by atoms with Gasteiger partial charge in [-0.05, 0) is 37.3 Å². The molecule has 0 atom stereocenters. The van der Waals surface area contributed by atoms with Crippen molar-refractivity contribution in [2.24, 2.45) is 0 Å². The van der Waals surface area contributed by atoms with Gasteiger partial charge in [-0.15, -0.1) is 0 Å². The number of benzene rings is 1. The van der Waals surface area contributed by atoms with Crippen molar-refractivity contribution in [3.05, 3.63) is 54.1 Å². The van der Waals surface area contributed by atoms with Crippen LogP contribution in [0.4, 0.5) is 15.8 Å². The van der Waals surface area contributed by atoms with Crippen LogP contribution in [-0.4, -0.2) is 17.4 Å². The Morgan fingerprint density at radius 2 is 2.16 bits per heavy atom. The summed E-state index contributed by atoms with van der Waals surface area (Å²) < 4.78 is 13.2. The lowest BCUT2D eigenvalue weighted by molar-refractivity contribution is 0.0983. The molecule has 1 heterocycles. The Kier molecular flexibility index (Phi) is 3.75. The molecule has 2 rings (SSSR count). The zero-order valence-corrected chi connectivity index (χ0v) is 10.5. The Bertz CT molecular complexity index is 583. The number of amides is 1. The fourth-order valence-electron chi connectivity index (χ4n) is 1.76. The van der Waals surface area contributed by atoms with Crippen molar-refractivity contribution >= 4 is 17.3 Å². The molecule has 0 unspecified atom stereocenters. The molecule has 0 saturated carbocycles. The van der Waals surface area contributed by atoms with Crippen LogP contribution in [0.3, 0.4) is 0 Å². The van der Waals surface area contributed by atoms with Gasteiger partial charge < -0.3 is 10.6 Å². The summed E-state index contributed by atoms with van der Waals surface area (Å²) in [6, 6.07) is 9.07. The number of carbonyl (C=O) groups excluding carboxylic acids is 1. The molecule has 4 nitrogen and oxygen atoms in total. The topological polar surface area (TPSA) is 59.2 Å². The summed E-state index contributed by atoms with van der Waals surface area (Å²) in [7, 11) is 0. The number of aromatic nitrogens is 1. The highest BCUT2D eigenvalue weighted by molar-refractivity contribution is 6.04. The van der Waals surface area contributed by atoms with E-state index in [0.29, 0.717) is 17.9 Å². The Labute approximate surface area is 110 Å². The standard InChI is InChI=1S/C14H14FN3O/c1-2-18(12-5-3-4-10(15)8-12)14(19)13-7-6-11(16)9-17-13/h3-9H,2,16H2,1H3. The van der Waals surface area contributed by atoms with Crippen LogP contribution in [0.2, 0.25) is 0 Å². The van der Waals surface area contributed by atoms with E-state index in [4.69, 9.17) is 5.73 Å². The molecule has 0 aliphatic carbocycles. The van der Waals surface area contributed by atoms with Gasteiger partial charge in [0.25, 0.3) is 5.91 Å². The molecule has 0 aliphatic rings. The van der Waals surface area contributed by atoms with Crippen LogP contribution < -0.4 is 10.6 Å². The maximum atomic E-state index is 13.2. The third kappa shape index (κ3) is 2.88. The zero-order valence-electron chi connectivity index (χ0n) is 10.5. The van der Waals surface area contributed by atoms with Gasteiger partial charge in [0.05, 0.1) is 11.9 Å². The first kappa shape index (κ1) is 13.0. The third-order valence-electron chi connectivity index (χ3n) is 2.69. The van der Waals surface area contributed by atoms with E-state index < -0.39 is 0 Å². The van der Waals surface area contributed by atoms with Crippen molar-refractivity contribution in [3.63, 3.8) is 0 Å². The van der Waals surface area contributed by atoms with Crippen LogP contribution in [-0.2, 0) is 0 Å². The van der Waals surface area contributed by atoms with Crippen molar-refractivity contribution in [2.75, 3.05) is 17.2 Å². The molecule has 2 N–H and O–H groups in total. The summed E-state index contributed by atoms with van der Waals surface area (Å²) in [5.41, 5.74) is 6.80. The number of anilines is 2. The number of rotatable bonds is 3. The van der Waals surface area contributed by atoms with E-state index in [9.17, 15) is 9.18 Å². The summed E-state index contributed by atoms with van der Waals surface area (Å²) in [4.78, 5) is 17.7. The molecule has 1 amide bonds. The summed E-state index contributed by atoms with van der Waals surface area (Å²) in [5.74, 6) is -0.665. The third-order valence-corrected chi connectivity index (χ3v) is 2.69. The minimum absolute atomic E-state index is 0.278. The number of halogens is 1. The fraction of sp³-hybridized carbons (Fsp3) is 0.143. The number of hydrogen-bond acceptors (Lipinski definition) is 3. The van der Waals surface area contributed by atoms with Gasteiger partial charge in [0.15, 0.2) is 0 Å². The van der Waals surface area contributed by atoms with Gasteiger partial charge in [-0.2, -0.15) is 0 Å². The second-order valence-electron chi connectivity index (χ2n) is 4.01. The smallest absolute Gasteiger partial charge is 0.276 e. The molecule has 0 fully saturated rings. The Balaban J connectivity index is 2.31. The molecule has 0 spiro atoms. The van der Waals surface area contributed by atoms with Crippen molar-refractivity contribution in [1.29, 1.82) is 0 Å². The summed E-state index contributed by atoms with van der Waals surface area (Å²) in [5, 5.41) is 0. The average molecular weight is 259 g/mol. The molecule has 0 bridgehead atoms. The number of nitrogens with two attached hydrogens (primary N) is 1. The van der Waals surface area contributed by atoms with Gasteiger partial charge in [-0.25, -0.2) is 9.37 Å². The second kappa shape index (κ2) is 5.48. The van der Waals surface area contributed by atoms with Crippen LogP contribution in [0.5, 0.6) is 0 Å². The van der Waals surface area contributed by atoms with E-state index in [2.05, 4.69) is 4.98 Å². The minimum Gasteiger partial charge on any atom is -0.397 e. The molecular weight excluding hydrogens is 245 g/mol. The maximum Gasteiger partial charge on any atom is 0.276 e. The van der Waals surface area contributed by atoms with Gasteiger partial charge in [0.2, 0.25) is 0 Å². The van der Waals surface area contributed by atoms with Gasteiger partial charge in [0.1, 0.15) is 11.5 Å². The van der Waals surface area contributed by atoms with Crippen LogP contribution in [0.15, 0.2) is 42.6 Å². The lowest BCUT2D eigenvalue weighted by Gasteiger charge is -2.20. The Hall–Kier alpha value is -2.43. The number of carbonyl (C=O) groups is 1.